The number of anilines is 1. The van der Waals surface area contributed by atoms with Crippen LogP contribution in [0, 0.1) is 0 Å². The molecule has 0 aromatic carbocycles. The van der Waals surface area contributed by atoms with Crippen molar-refractivity contribution in [3.05, 3.63) is 42.5 Å². The number of hydrogen-bond donors (Lipinski definition) is 2. The second-order valence-corrected chi connectivity index (χ2v) is 2.92. The SMILES string of the molecule is Cn1cccc1C(=O)O.Nc1ncccn1. The number of aromatic nitrogens is 3. The van der Waals surface area contributed by atoms with Crippen LogP contribution in [-0.4, -0.2) is 25.6 Å². The zero-order valence-corrected chi connectivity index (χ0v) is 8.74. The van der Waals surface area contributed by atoms with Gasteiger partial charge in [-0.1, -0.05) is 0 Å². The number of nitrogens with two attached hydrogens (primary N) is 1. The molecule has 0 saturated carbocycles. The predicted octanol–water partition coefficient (Wildman–Crippen LogP) is 0.782. The van der Waals surface area contributed by atoms with Crippen molar-refractivity contribution in [2.45, 2.75) is 0 Å². The lowest BCUT2D eigenvalue weighted by molar-refractivity contribution is 0.0686. The van der Waals surface area contributed by atoms with Gasteiger partial charge in [0.05, 0.1) is 0 Å². The third-order valence-electron chi connectivity index (χ3n) is 1.75. The van der Waals surface area contributed by atoms with E-state index < -0.39 is 5.97 Å². The molecule has 0 spiro atoms. The fraction of sp³-hybridized carbons (Fsp3) is 0.100. The van der Waals surface area contributed by atoms with Gasteiger partial charge in [0.2, 0.25) is 5.95 Å². The molecule has 3 N–H and O–H groups in total. The van der Waals surface area contributed by atoms with Crippen molar-refractivity contribution in [2.24, 2.45) is 7.05 Å². The summed E-state index contributed by atoms with van der Waals surface area (Å²) in [6.45, 7) is 0. The lowest BCUT2D eigenvalue weighted by Crippen LogP contribution is -2.02. The zero-order chi connectivity index (χ0) is 12.0. The molecule has 0 bridgehead atoms. The summed E-state index contributed by atoms with van der Waals surface area (Å²) < 4.78 is 1.56. The van der Waals surface area contributed by atoms with Crippen LogP contribution in [0.5, 0.6) is 0 Å². The lowest BCUT2D eigenvalue weighted by Gasteiger charge is -1.93. The quantitative estimate of drug-likeness (QED) is 0.740. The van der Waals surface area contributed by atoms with Crippen LogP contribution < -0.4 is 5.73 Å². The largest absolute Gasteiger partial charge is 0.477 e. The van der Waals surface area contributed by atoms with Crippen molar-refractivity contribution in [2.75, 3.05) is 5.73 Å². The number of carboxylic acid groups (broad SMARTS) is 1. The topological polar surface area (TPSA) is 94.0 Å². The normalized spacial score (nSPS) is 9.06. The average molecular weight is 220 g/mol. The summed E-state index contributed by atoms with van der Waals surface area (Å²) in [5.41, 5.74) is 5.45. The van der Waals surface area contributed by atoms with Gasteiger partial charge in [-0.15, -0.1) is 0 Å². The minimum absolute atomic E-state index is 0.315. The second kappa shape index (κ2) is 5.50. The molecule has 2 heterocycles. The van der Waals surface area contributed by atoms with Crippen LogP contribution in [0.25, 0.3) is 0 Å². The highest BCUT2D eigenvalue weighted by Crippen LogP contribution is 1.97. The third-order valence-corrected chi connectivity index (χ3v) is 1.75. The minimum atomic E-state index is -0.887. The van der Waals surface area contributed by atoms with E-state index in [1.165, 1.54) is 0 Å². The first-order valence-electron chi connectivity index (χ1n) is 4.48. The van der Waals surface area contributed by atoms with Crippen LogP contribution in [0.4, 0.5) is 5.95 Å². The van der Waals surface area contributed by atoms with E-state index in [9.17, 15) is 4.79 Å². The number of aromatic carboxylic acids is 1. The molecule has 84 valence electrons. The van der Waals surface area contributed by atoms with Gasteiger partial charge in [0.15, 0.2) is 0 Å². The second-order valence-electron chi connectivity index (χ2n) is 2.92. The Morgan fingerprint density at radius 3 is 2.25 bits per heavy atom. The van der Waals surface area contributed by atoms with Crippen molar-refractivity contribution in [3.63, 3.8) is 0 Å². The molecular weight excluding hydrogens is 208 g/mol. The van der Waals surface area contributed by atoms with E-state index >= 15 is 0 Å². The van der Waals surface area contributed by atoms with Crippen LogP contribution in [0.15, 0.2) is 36.8 Å². The molecule has 6 heteroatoms. The monoisotopic (exact) mass is 220 g/mol. The molecule has 2 aromatic rings. The van der Waals surface area contributed by atoms with E-state index in [1.54, 1.807) is 48.4 Å². The zero-order valence-electron chi connectivity index (χ0n) is 8.74. The number of hydrogen-bond acceptors (Lipinski definition) is 4. The van der Waals surface area contributed by atoms with E-state index in [0.717, 1.165) is 0 Å². The van der Waals surface area contributed by atoms with Gasteiger partial charge in [-0.3, -0.25) is 0 Å². The van der Waals surface area contributed by atoms with Gasteiger partial charge in [0, 0.05) is 25.6 Å². The first kappa shape index (κ1) is 11.7. The average Bonchev–Trinajstić information content (AvgIpc) is 2.66. The number of nitrogens with zero attached hydrogens (tertiary/aromatic N) is 3. The highest BCUT2D eigenvalue weighted by atomic mass is 16.4. The van der Waals surface area contributed by atoms with E-state index in [2.05, 4.69) is 9.97 Å². The Hall–Kier alpha value is -2.37. The first-order chi connectivity index (χ1) is 7.61. The van der Waals surface area contributed by atoms with Crippen molar-refractivity contribution < 1.29 is 9.90 Å². The van der Waals surface area contributed by atoms with Crippen molar-refractivity contribution in [1.82, 2.24) is 14.5 Å². The number of nitrogen functional groups attached to an aromatic ring is 1. The highest BCUT2D eigenvalue weighted by molar-refractivity contribution is 5.85. The molecule has 0 aliphatic heterocycles. The summed E-state index contributed by atoms with van der Waals surface area (Å²) in [5, 5.41) is 8.43. The number of carboxylic acids is 1. The van der Waals surface area contributed by atoms with Crippen LogP contribution in [0.3, 0.4) is 0 Å². The molecular formula is C10H12N4O2. The Labute approximate surface area is 92.4 Å². The molecule has 0 aliphatic rings. The van der Waals surface area contributed by atoms with Gasteiger partial charge in [-0.05, 0) is 18.2 Å². The third kappa shape index (κ3) is 3.41. The van der Waals surface area contributed by atoms with Gasteiger partial charge >= 0.3 is 5.97 Å². The molecule has 0 radical (unpaired) electrons. The van der Waals surface area contributed by atoms with Gasteiger partial charge in [0.1, 0.15) is 5.69 Å². The summed E-state index contributed by atoms with van der Waals surface area (Å²) in [4.78, 5) is 17.6. The smallest absolute Gasteiger partial charge is 0.352 e. The summed E-state index contributed by atoms with van der Waals surface area (Å²) in [7, 11) is 1.70. The van der Waals surface area contributed by atoms with E-state index in [-0.39, 0.29) is 0 Å². The van der Waals surface area contributed by atoms with Gasteiger partial charge in [-0.25, -0.2) is 14.8 Å². The van der Waals surface area contributed by atoms with Crippen molar-refractivity contribution in [1.29, 1.82) is 0 Å². The molecule has 2 aromatic heterocycles. The maximum atomic E-state index is 10.3. The molecule has 0 fully saturated rings. The first-order valence-corrected chi connectivity index (χ1v) is 4.48. The molecule has 16 heavy (non-hydrogen) atoms. The van der Waals surface area contributed by atoms with Crippen LogP contribution >= 0.6 is 0 Å². The molecule has 0 aliphatic carbocycles. The van der Waals surface area contributed by atoms with E-state index in [1.807, 2.05) is 0 Å². The fourth-order valence-corrected chi connectivity index (χ4v) is 0.994. The Morgan fingerprint density at radius 2 is 2.00 bits per heavy atom. The number of carbonyl (C=O) groups is 1. The molecule has 2 rings (SSSR count). The lowest BCUT2D eigenvalue weighted by atomic mass is 10.4. The minimum Gasteiger partial charge on any atom is -0.477 e. The molecule has 0 unspecified atom stereocenters. The summed E-state index contributed by atoms with van der Waals surface area (Å²) in [6, 6.07) is 4.97. The predicted molar refractivity (Wildman–Crippen MR) is 58.8 cm³/mol. The standard InChI is InChI=1S/C6H7NO2.C4H5N3/c1-7-4-2-3-5(7)6(8)9;5-4-6-2-1-3-7-4/h2-4H,1H3,(H,8,9);1-3H,(H2,5,6,7). The summed E-state index contributed by atoms with van der Waals surface area (Å²) >= 11 is 0. The summed E-state index contributed by atoms with van der Waals surface area (Å²) in [6.07, 6.45) is 4.90. The number of aryl methyl sites for hydroxylation is 1. The molecule has 6 nitrogen and oxygen atoms in total. The Balaban J connectivity index is 0.000000165. The maximum Gasteiger partial charge on any atom is 0.352 e. The fourth-order valence-electron chi connectivity index (χ4n) is 0.994. The number of rotatable bonds is 1. The van der Waals surface area contributed by atoms with Crippen LogP contribution in [0.2, 0.25) is 0 Å². The van der Waals surface area contributed by atoms with Gasteiger partial charge in [0.25, 0.3) is 0 Å². The molecule has 0 amide bonds. The van der Waals surface area contributed by atoms with E-state index in [0.29, 0.717) is 11.6 Å². The Morgan fingerprint density at radius 1 is 1.38 bits per heavy atom. The van der Waals surface area contributed by atoms with Crippen molar-refractivity contribution >= 4 is 11.9 Å². The molecule has 0 atom stereocenters. The van der Waals surface area contributed by atoms with Crippen LogP contribution in [0.1, 0.15) is 10.5 Å². The molecule has 0 saturated heterocycles. The summed E-state index contributed by atoms with van der Waals surface area (Å²) in [5.74, 6) is -0.565. The Bertz CT molecular complexity index is 453. The maximum absolute atomic E-state index is 10.3. The van der Waals surface area contributed by atoms with E-state index in [4.69, 9.17) is 10.8 Å². The van der Waals surface area contributed by atoms with Gasteiger partial charge in [-0.2, -0.15) is 0 Å². The van der Waals surface area contributed by atoms with Crippen LogP contribution in [-0.2, 0) is 7.05 Å². The van der Waals surface area contributed by atoms with Gasteiger partial charge < -0.3 is 15.4 Å². The highest BCUT2D eigenvalue weighted by Gasteiger charge is 2.03. The Kier molecular flexibility index (Phi) is 4.02. The van der Waals surface area contributed by atoms with Crippen molar-refractivity contribution in [3.8, 4) is 0 Å².